The predicted molar refractivity (Wildman–Crippen MR) is 41.4 cm³/mol. The van der Waals surface area contributed by atoms with Crippen molar-refractivity contribution in [1.29, 1.82) is 0 Å². The van der Waals surface area contributed by atoms with Crippen LogP contribution in [0, 0.1) is 5.41 Å². The average molecular weight is 174 g/mol. The van der Waals surface area contributed by atoms with E-state index in [1.54, 1.807) is 6.92 Å². The third kappa shape index (κ3) is 1.11. The molecule has 4 heteroatoms. The third-order valence-corrected chi connectivity index (χ3v) is 2.64. The van der Waals surface area contributed by atoms with Gasteiger partial charge in [-0.1, -0.05) is 6.92 Å². The number of aliphatic hydroxyl groups excluding tert-OH is 2. The lowest BCUT2D eigenvalue weighted by atomic mass is 9.82. The topological polar surface area (TPSA) is 66.8 Å². The molecule has 0 amide bonds. The van der Waals surface area contributed by atoms with Crippen molar-refractivity contribution >= 4 is 5.97 Å². The van der Waals surface area contributed by atoms with Gasteiger partial charge in [0.05, 0.1) is 12.0 Å². The van der Waals surface area contributed by atoms with E-state index in [1.807, 2.05) is 6.92 Å². The standard InChI is InChI=1S/C8H14O4/c1-3-8(2)6(10)5(4-9)12-7(8)11/h5-6,9-10H,3-4H2,1-2H3. The van der Waals surface area contributed by atoms with E-state index in [9.17, 15) is 9.90 Å². The van der Waals surface area contributed by atoms with Crippen LogP contribution in [0.4, 0.5) is 0 Å². The summed E-state index contributed by atoms with van der Waals surface area (Å²) in [5.41, 5.74) is -0.840. The Kier molecular flexibility index (Phi) is 2.39. The lowest BCUT2D eigenvalue weighted by Gasteiger charge is -2.21. The molecular weight excluding hydrogens is 160 g/mol. The molecule has 70 valence electrons. The number of cyclic esters (lactones) is 1. The van der Waals surface area contributed by atoms with Crippen LogP contribution in [0.3, 0.4) is 0 Å². The first-order chi connectivity index (χ1) is 5.56. The second-order valence-corrected chi connectivity index (χ2v) is 3.34. The number of aliphatic hydroxyl groups is 2. The van der Waals surface area contributed by atoms with Crippen LogP contribution in [0.15, 0.2) is 0 Å². The van der Waals surface area contributed by atoms with Crippen molar-refractivity contribution in [3.63, 3.8) is 0 Å². The number of ether oxygens (including phenoxy) is 1. The molecule has 12 heavy (non-hydrogen) atoms. The highest BCUT2D eigenvalue weighted by Crippen LogP contribution is 2.36. The number of rotatable bonds is 2. The van der Waals surface area contributed by atoms with E-state index in [1.165, 1.54) is 0 Å². The Hall–Kier alpha value is -0.610. The van der Waals surface area contributed by atoms with Gasteiger partial charge in [0.25, 0.3) is 0 Å². The first-order valence-corrected chi connectivity index (χ1v) is 4.06. The highest BCUT2D eigenvalue weighted by Gasteiger charge is 2.52. The molecule has 0 aromatic carbocycles. The summed E-state index contributed by atoms with van der Waals surface area (Å²) in [5, 5.41) is 18.3. The third-order valence-electron chi connectivity index (χ3n) is 2.64. The number of hydrogen-bond acceptors (Lipinski definition) is 4. The van der Waals surface area contributed by atoms with E-state index in [4.69, 9.17) is 9.84 Å². The molecule has 1 heterocycles. The van der Waals surface area contributed by atoms with Crippen molar-refractivity contribution in [3.05, 3.63) is 0 Å². The molecule has 0 saturated carbocycles. The fourth-order valence-electron chi connectivity index (χ4n) is 1.36. The van der Waals surface area contributed by atoms with Gasteiger partial charge in [0, 0.05) is 0 Å². The maximum Gasteiger partial charge on any atom is 0.315 e. The van der Waals surface area contributed by atoms with Gasteiger partial charge in [0.2, 0.25) is 0 Å². The average Bonchev–Trinajstić information content (AvgIpc) is 2.30. The Balaban J connectivity index is 2.83. The number of carbonyl (C=O) groups excluding carboxylic acids is 1. The van der Waals surface area contributed by atoms with Crippen molar-refractivity contribution in [2.75, 3.05) is 6.61 Å². The van der Waals surface area contributed by atoms with Crippen LogP contribution >= 0.6 is 0 Å². The monoisotopic (exact) mass is 174 g/mol. The van der Waals surface area contributed by atoms with Crippen molar-refractivity contribution in [2.45, 2.75) is 32.5 Å². The van der Waals surface area contributed by atoms with E-state index in [0.717, 1.165) is 0 Å². The summed E-state index contributed by atoms with van der Waals surface area (Å²) < 4.78 is 4.79. The van der Waals surface area contributed by atoms with Crippen molar-refractivity contribution in [3.8, 4) is 0 Å². The van der Waals surface area contributed by atoms with E-state index in [0.29, 0.717) is 6.42 Å². The van der Waals surface area contributed by atoms with Crippen LogP contribution in [-0.4, -0.2) is 35.0 Å². The van der Waals surface area contributed by atoms with Gasteiger partial charge >= 0.3 is 5.97 Å². The zero-order valence-corrected chi connectivity index (χ0v) is 7.28. The van der Waals surface area contributed by atoms with Gasteiger partial charge in [-0.25, -0.2) is 0 Å². The van der Waals surface area contributed by atoms with Crippen LogP contribution in [0.1, 0.15) is 20.3 Å². The van der Waals surface area contributed by atoms with Crippen molar-refractivity contribution in [1.82, 2.24) is 0 Å². The molecule has 0 aromatic rings. The lowest BCUT2D eigenvalue weighted by molar-refractivity contribution is -0.149. The van der Waals surface area contributed by atoms with Gasteiger partial charge in [-0.3, -0.25) is 4.79 Å². The maximum atomic E-state index is 11.2. The number of hydrogen-bond donors (Lipinski definition) is 2. The van der Waals surface area contributed by atoms with Gasteiger partial charge < -0.3 is 14.9 Å². The van der Waals surface area contributed by atoms with Gasteiger partial charge in [-0.15, -0.1) is 0 Å². The Labute approximate surface area is 71.2 Å². The zero-order valence-electron chi connectivity index (χ0n) is 7.28. The zero-order chi connectivity index (χ0) is 9.35. The smallest absolute Gasteiger partial charge is 0.315 e. The Morgan fingerprint density at radius 1 is 1.67 bits per heavy atom. The fourth-order valence-corrected chi connectivity index (χ4v) is 1.36. The summed E-state index contributed by atoms with van der Waals surface area (Å²) in [4.78, 5) is 11.2. The van der Waals surface area contributed by atoms with E-state index in [2.05, 4.69) is 0 Å². The normalized spacial score (nSPS) is 41.5. The molecule has 0 aliphatic carbocycles. The Morgan fingerprint density at radius 2 is 2.25 bits per heavy atom. The lowest BCUT2D eigenvalue weighted by Crippen LogP contribution is -2.37. The molecule has 3 atom stereocenters. The Morgan fingerprint density at radius 3 is 2.50 bits per heavy atom. The quantitative estimate of drug-likeness (QED) is 0.563. The molecular formula is C8H14O4. The minimum absolute atomic E-state index is 0.317. The molecule has 1 aliphatic rings. The molecule has 0 bridgehead atoms. The van der Waals surface area contributed by atoms with Gasteiger partial charge in [-0.2, -0.15) is 0 Å². The summed E-state index contributed by atoms with van der Waals surface area (Å²) in [6.45, 7) is 3.14. The summed E-state index contributed by atoms with van der Waals surface area (Å²) >= 11 is 0. The van der Waals surface area contributed by atoms with Crippen molar-refractivity contribution in [2.24, 2.45) is 5.41 Å². The first-order valence-electron chi connectivity index (χ1n) is 4.06. The molecule has 2 N–H and O–H groups in total. The van der Waals surface area contributed by atoms with E-state index >= 15 is 0 Å². The molecule has 3 unspecified atom stereocenters. The second kappa shape index (κ2) is 3.03. The molecule has 1 saturated heterocycles. The highest BCUT2D eigenvalue weighted by atomic mass is 16.6. The maximum absolute atomic E-state index is 11.2. The fraction of sp³-hybridized carbons (Fsp3) is 0.875. The summed E-state index contributed by atoms with van der Waals surface area (Å²) in [5.74, 6) is -0.420. The summed E-state index contributed by atoms with van der Waals surface area (Å²) in [6.07, 6.45) is -1.12. The van der Waals surface area contributed by atoms with Crippen LogP contribution in [-0.2, 0) is 9.53 Å². The van der Waals surface area contributed by atoms with Gasteiger partial charge in [0.15, 0.2) is 6.10 Å². The van der Waals surface area contributed by atoms with Gasteiger partial charge in [-0.05, 0) is 13.3 Å². The first kappa shape index (κ1) is 9.48. The van der Waals surface area contributed by atoms with Crippen LogP contribution in [0.25, 0.3) is 0 Å². The molecule has 4 nitrogen and oxygen atoms in total. The second-order valence-electron chi connectivity index (χ2n) is 3.34. The molecule has 1 aliphatic heterocycles. The van der Waals surface area contributed by atoms with E-state index < -0.39 is 23.6 Å². The molecule has 1 fully saturated rings. The van der Waals surface area contributed by atoms with Gasteiger partial charge in [0.1, 0.15) is 6.10 Å². The molecule has 0 radical (unpaired) electrons. The number of carbonyl (C=O) groups is 1. The summed E-state index contributed by atoms with van der Waals surface area (Å²) in [7, 11) is 0. The van der Waals surface area contributed by atoms with Crippen LogP contribution in [0.2, 0.25) is 0 Å². The Bertz CT molecular complexity index is 191. The molecule has 0 aromatic heterocycles. The summed E-state index contributed by atoms with van der Waals surface area (Å²) in [6, 6.07) is 0. The van der Waals surface area contributed by atoms with Crippen LogP contribution in [0.5, 0.6) is 0 Å². The predicted octanol–water partition coefficient (Wildman–Crippen LogP) is -0.319. The minimum Gasteiger partial charge on any atom is -0.457 e. The number of esters is 1. The molecule has 0 spiro atoms. The SMILES string of the molecule is CCC1(C)C(=O)OC(CO)C1O. The van der Waals surface area contributed by atoms with Crippen LogP contribution < -0.4 is 0 Å². The van der Waals surface area contributed by atoms with E-state index in [-0.39, 0.29) is 6.61 Å². The molecule has 1 rings (SSSR count). The highest BCUT2D eigenvalue weighted by molar-refractivity contribution is 5.79. The minimum atomic E-state index is -0.889. The largest absolute Gasteiger partial charge is 0.457 e. The van der Waals surface area contributed by atoms with Crippen molar-refractivity contribution < 1.29 is 19.7 Å².